The highest BCUT2D eigenvalue weighted by molar-refractivity contribution is 5.95. The number of hydrogen-bond acceptors (Lipinski definition) is 3. The predicted molar refractivity (Wildman–Crippen MR) is 54.6 cm³/mol. The number of rotatable bonds is 3. The van der Waals surface area contributed by atoms with E-state index in [9.17, 15) is 9.18 Å². The van der Waals surface area contributed by atoms with E-state index in [0.29, 0.717) is 12.8 Å². The van der Waals surface area contributed by atoms with Crippen molar-refractivity contribution in [3.05, 3.63) is 29.6 Å². The molecule has 1 aromatic rings. The van der Waals surface area contributed by atoms with Crippen molar-refractivity contribution in [2.24, 2.45) is 0 Å². The molecule has 1 saturated carbocycles. The van der Waals surface area contributed by atoms with Crippen LogP contribution in [0.2, 0.25) is 0 Å². The second kappa shape index (κ2) is 3.75. The lowest BCUT2D eigenvalue weighted by atomic mass is 10.1. The molecule has 16 heavy (non-hydrogen) atoms. The summed E-state index contributed by atoms with van der Waals surface area (Å²) >= 11 is 0. The Bertz CT molecular complexity index is 429. The minimum Gasteiger partial charge on any atom is -0.508 e. The molecule has 1 amide bonds. The zero-order chi connectivity index (χ0) is 11.8. The van der Waals surface area contributed by atoms with Crippen LogP contribution in [-0.2, 0) is 0 Å². The van der Waals surface area contributed by atoms with Crippen LogP contribution in [0, 0.1) is 5.82 Å². The molecule has 2 rings (SSSR count). The number of aliphatic hydroxyl groups is 1. The standard InChI is InChI=1S/C11H12FNO3/c12-9-5-7(15)1-2-8(9)10(16)13-11(6-14)3-4-11/h1-2,5,14-15H,3-4,6H2,(H,13,16). The Kier molecular flexibility index (Phi) is 2.55. The van der Waals surface area contributed by atoms with Crippen LogP contribution < -0.4 is 5.32 Å². The summed E-state index contributed by atoms with van der Waals surface area (Å²) in [6.45, 7) is -0.140. The first-order valence-corrected chi connectivity index (χ1v) is 4.98. The molecule has 3 N–H and O–H groups in total. The molecule has 4 nitrogen and oxygen atoms in total. The van der Waals surface area contributed by atoms with Gasteiger partial charge in [0.25, 0.3) is 5.91 Å². The maximum atomic E-state index is 13.3. The maximum absolute atomic E-state index is 13.3. The number of benzene rings is 1. The third kappa shape index (κ3) is 1.99. The van der Waals surface area contributed by atoms with E-state index in [1.807, 2.05) is 0 Å². The van der Waals surface area contributed by atoms with Gasteiger partial charge in [-0.05, 0) is 25.0 Å². The van der Waals surface area contributed by atoms with Crippen LogP contribution in [0.25, 0.3) is 0 Å². The third-order valence-corrected chi connectivity index (χ3v) is 2.73. The molecule has 0 unspecified atom stereocenters. The monoisotopic (exact) mass is 225 g/mol. The third-order valence-electron chi connectivity index (χ3n) is 2.73. The fourth-order valence-corrected chi connectivity index (χ4v) is 1.47. The maximum Gasteiger partial charge on any atom is 0.254 e. The molecular formula is C11H12FNO3. The average molecular weight is 225 g/mol. The number of carbonyl (C=O) groups excluding carboxylic acids is 1. The van der Waals surface area contributed by atoms with Crippen molar-refractivity contribution in [2.45, 2.75) is 18.4 Å². The van der Waals surface area contributed by atoms with Crippen molar-refractivity contribution in [2.75, 3.05) is 6.61 Å². The molecule has 0 radical (unpaired) electrons. The van der Waals surface area contributed by atoms with Gasteiger partial charge in [-0.25, -0.2) is 4.39 Å². The first-order valence-electron chi connectivity index (χ1n) is 4.98. The minimum absolute atomic E-state index is 0.127. The topological polar surface area (TPSA) is 69.6 Å². The Morgan fingerprint density at radius 2 is 2.19 bits per heavy atom. The predicted octanol–water partition coefficient (Wildman–Crippen LogP) is 0.786. The van der Waals surface area contributed by atoms with Gasteiger partial charge in [0, 0.05) is 6.07 Å². The molecule has 0 spiro atoms. The Labute approximate surface area is 91.7 Å². The molecule has 86 valence electrons. The van der Waals surface area contributed by atoms with Gasteiger partial charge < -0.3 is 15.5 Å². The highest BCUT2D eigenvalue weighted by atomic mass is 19.1. The van der Waals surface area contributed by atoms with Gasteiger partial charge in [-0.2, -0.15) is 0 Å². The smallest absolute Gasteiger partial charge is 0.254 e. The number of phenolic OH excluding ortho intramolecular Hbond substituents is 1. The second-order valence-electron chi connectivity index (χ2n) is 4.06. The normalized spacial score (nSPS) is 16.9. The summed E-state index contributed by atoms with van der Waals surface area (Å²) in [6.07, 6.45) is 1.41. The number of carbonyl (C=O) groups is 1. The SMILES string of the molecule is O=C(NC1(CO)CC1)c1ccc(O)cc1F. The summed E-state index contributed by atoms with van der Waals surface area (Å²) in [6, 6.07) is 3.34. The lowest BCUT2D eigenvalue weighted by molar-refractivity contribution is 0.0902. The van der Waals surface area contributed by atoms with Crippen LogP contribution in [0.4, 0.5) is 4.39 Å². The lowest BCUT2D eigenvalue weighted by Crippen LogP contribution is -2.39. The molecule has 5 heteroatoms. The fourth-order valence-electron chi connectivity index (χ4n) is 1.47. The quantitative estimate of drug-likeness (QED) is 0.712. The van der Waals surface area contributed by atoms with Gasteiger partial charge in [-0.15, -0.1) is 0 Å². The van der Waals surface area contributed by atoms with Crippen molar-refractivity contribution in [1.82, 2.24) is 5.32 Å². The molecule has 1 aromatic carbocycles. The summed E-state index contributed by atoms with van der Waals surface area (Å²) in [5, 5.41) is 20.6. The second-order valence-corrected chi connectivity index (χ2v) is 4.06. The number of aliphatic hydroxyl groups excluding tert-OH is 1. The largest absolute Gasteiger partial charge is 0.508 e. The van der Waals surface area contributed by atoms with Crippen molar-refractivity contribution >= 4 is 5.91 Å². The van der Waals surface area contributed by atoms with Crippen molar-refractivity contribution in [1.29, 1.82) is 0 Å². The molecule has 0 saturated heterocycles. The van der Waals surface area contributed by atoms with E-state index in [-0.39, 0.29) is 17.9 Å². The summed E-state index contributed by atoms with van der Waals surface area (Å²) in [4.78, 5) is 11.6. The van der Waals surface area contributed by atoms with Gasteiger partial charge in [0.1, 0.15) is 11.6 Å². The highest BCUT2D eigenvalue weighted by Crippen LogP contribution is 2.34. The first-order chi connectivity index (χ1) is 7.56. The van der Waals surface area contributed by atoms with Crippen molar-refractivity contribution in [3.63, 3.8) is 0 Å². The Balaban J connectivity index is 2.15. The lowest BCUT2D eigenvalue weighted by Gasteiger charge is -2.14. The molecule has 1 fully saturated rings. The van der Waals surface area contributed by atoms with E-state index in [0.717, 1.165) is 6.07 Å². The van der Waals surface area contributed by atoms with Crippen LogP contribution in [0.1, 0.15) is 23.2 Å². The molecule has 0 atom stereocenters. The number of amides is 1. The number of aromatic hydroxyl groups is 1. The zero-order valence-electron chi connectivity index (χ0n) is 8.53. The van der Waals surface area contributed by atoms with Crippen molar-refractivity contribution in [3.8, 4) is 5.75 Å². The molecule has 1 aliphatic carbocycles. The van der Waals surface area contributed by atoms with Gasteiger partial charge >= 0.3 is 0 Å². The van der Waals surface area contributed by atoms with Gasteiger partial charge in [0.2, 0.25) is 0 Å². The number of halogens is 1. The zero-order valence-corrected chi connectivity index (χ0v) is 8.53. The van der Waals surface area contributed by atoms with Crippen molar-refractivity contribution < 1.29 is 19.4 Å². The van der Waals surface area contributed by atoms with E-state index in [4.69, 9.17) is 10.2 Å². The molecule has 0 aliphatic heterocycles. The molecule has 1 aliphatic rings. The van der Waals surface area contributed by atoms with E-state index < -0.39 is 17.3 Å². The Hall–Kier alpha value is -1.62. The number of hydrogen-bond donors (Lipinski definition) is 3. The van der Waals surface area contributed by atoms with E-state index in [1.54, 1.807) is 0 Å². The molecule has 0 aromatic heterocycles. The van der Waals surface area contributed by atoms with E-state index in [1.165, 1.54) is 12.1 Å². The van der Waals surface area contributed by atoms with Crippen LogP contribution in [0.15, 0.2) is 18.2 Å². The number of nitrogens with one attached hydrogen (secondary N) is 1. The summed E-state index contributed by atoms with van der Waals surface area (Å²) in [7, 11) is 0. The van der Waals surface area contributed by atoms with Crippen LogP contribution >= 0.6 is 0 Å². The van der Waals surface area contributed by atoms with E-state index >= 15 is 0 Å². The summed E-state index contributed by atoms with van der Waals surface area (Å²) in [5.74, 6) is -1.56. The van der Waals surface area contributed by atoms with Crippen LogP contribution in [0.5, 0.6) is 5.75 Å². The molecule has 0 heterocycles. The number of phenols is 1. The molecule has 0 bridgehead atoms. The summed E-state index contributed by atoms with van der Waals surface area (Å²) in [5.41, 5.74) is -0.695. The average Bonchev–Trinajstić information content (AvgIpc) is 2.98. The van der Waals surface area contributed by atoms with E-state index in [2.05, 4.69) is 5.32 Å². The summed E-state index contributed by atoms with van der Waals surface area (Å²) < 4.78 is 13.3. The Morgan fingerprint density at radius 1 is 1.50 bits per heavy atom. The van der Waals surface area contributed by atoms with Gasteiger partial charge in [-0.1, -0.05) is 0 Å². The Morgan fingerprint density at radius 3 is 2.69 bits per heavy atom. The first kappa shape index (κ1) is 10.9. The molecular weight excluding hydrogens is 213 g/mol. The van der Waals surface area contributed by atoms with Crippen LogP contribution in [-0.4, -0.2) is 28.3 Å². The fraction of sp³-hybridized carbons (Fsp3) is 0.364. The van der Waals surface area contributed by atoms with Gasteiger partial charge in [-0.3, -0.25) is 4.79 Å². The highest BCUT2D eigenvalue weighted by Gasteiger charge is 2.43. The van der Waals surface area contributed by atoms with Crippen LogP contribution in [0.3, 0.4) is 0 Å². The minimum atomic E-state index is -0.772. The van der Waals surface area contributed by atoms with Gasteiger partial charge in [0.15, 0.2) is 0 Å². The van der Waals surface area contributed by atoms with Gasteiger partial charge in [0.05, 0.1) is 17.7 Å².